The summed E-state index contributed by atoms with van der Waals surface area (Å²) in [5.74, 6) is -2.41. The van der Waals surface area contributed by atoms with Crippen LogP contribution in [-0.2, 0) is 32.8 Å². The third-order valence-electron chi connectivity index (χ3n) is 6.60. The highest BCUT2D eigenvalue weighted by molar-refractivity contribution is 9.07. The van der Waals surface area contributed by atoms with Crippen molar-refractivity contribution in [3.05, 3.63) is 0 Å². The van der Waals surface area contributed by atoms with Crippen molar-refractivity contribution >= 4 is 113 Å². The first-order valence-corrected chi connectivity index (χ1v) is 36.5. The SMILES string of the molecule is CCCP(P(P)P)P(P)P(P)P.O=COCCP(=O)(O)CN1CCN(CP(=O)(O)CCC(=O)O)CCN(CP(=O)(O)CCC(=O)O)CC1. The van der Waals surface area contributed by atoms with Crippen LogP contribution in [0.15, 0.2) is 0 Å². The van der Waals surface area contributed by atoms with Crippen molar-refractivity contribution in [3.63, 3.8) is 0 Å². The van der Waals surface area contributed by atoms with E-state index < -0.39 is 59.2 Å². The molecular formula is C21H53N3O12P12. The first kappa shape index (κ1) is 50.7. The topological polar surface area (TPSA) is 223 Å². The second-order valence-corrected chi connectivity index (χ2v) is 51.3. The van der Waals surface area contributed by atoms with E-state index in [0.717, 1.165) is 0 Å². The van der Waals surface area contributed by atoms with Gasteiger partial charge >= 0.3 is 11.9 Å². The lowest BCUT2D eigenvalue weighted by molar-refractivity contribution is -0.137. The maximum atomic E-state index is 12.6. The van der Waals surface area contributed by atoms with Gasteiger partial charge in [-0.1, -0.05) is 13.3 Å². The number of hydrogen-bond acceptors (Lipinski definition) is 10. The fraction of sp³-hybridized carbons (Fsp3) is 0.857. The molecule has 0 aliphatic carbocycles. The molecule has 5 N–H and O–H groups in total. The molecule has 1 aliphatic heterocycles. The Kier molecular flexibility index (Phi) is 28.0. The first-order chi connectivity index (χ1) is 22.1. The Balaban J connectivity index is 0.00000155. The molecule has 0 aromatic carbocycles. The summed E-state index contributed by atoms with van der Waals surface area (Å²) in [6.45, 7) is 4.01. The molecule has 284 valence electrons. The van der Waals surface area contributed by atoms with Crippen LogP contribution in [0, 0.1) is 0 Å². The number of hydrogen-bond donors (Lipinski definition) is 5. The largest absolute Gasteiger partial charge is 0.481 e. The van der Waals surface area contributed by atoms with E-state index in [2.05, 4.69) is 56.3 Å². The van der Waals surface area contributed by atoms with Crippen LogP contribution in [-0.4, -0.2) is 147 Å². The van der Waals surface area contributed by atoms with E-state index in [1.165, 1.54) is 12.6 Å². The smallest absolute Gasteiger partial charge is 0.303 e. The Morgan fingerprint density at radius 2 is 1.06 bits per heavy atom. The van der Waals surface area contributed by atoms with Gasteiger partial charge in [0.25, 0.3) is 6.47 Å². The van der Waals surface area contributed by atoms with Gasteiger partial charge in [-0.05, 0) is 34.4 Å². The van der Waals surface area contributed by atoms with Gasteiger partial charge in [-0.3, -0.25) is 42.8 Å². The average molecular weight is 911 g/mol. The van der Waals surface area contributed by atoms with Gasteiger partial charge in [-0.15, -0.1) is 44.6 Å². The van der Waals surface area contributed by atoms with Gasteiger partial charge in [-0.25, -0.2) is 0 Å². The molecule has 0 saturated carbocycles. The van der Waals surface area contributed by atoms with Crippen LogP contribution in [0.2, 0.25) is 0 Å². The molecule has 1 saturated heterocycles. The Morgan fingerprint density at radius 1 is 0.708 bits per heavy atom. The number of aliphatic carboxylic acids is 2. The van der Waals surface area contributed by atoms with Crippen LogP contribution in [0.4, 0.5) is 0 Å². The minimum Gasteiger partial charge on any atom is -0.481 e. The van der Waals surface area contributed by atoms with Gasteiger partial charge in [0.2, 0.25) is 22.1 Å². The second kappa shape index (κ2) is 26.5. The van der Waals surface area contributed by atoms with Crippen molar-refractivity contribution in [1.29, 1.82) is 0 Å². The number of carboxylic acids is 2. The Hall–Kier alpha value is 2.73. The molecule has 1 rings (SSSR count). The maximum Gasteiger partial charge on any atom is 0.303 e. The lowest BCUT2D eigenvalue weighted by Crippen LogP contribution is -2.37. The molecule has 48 heavy (non-hydrogen) atoms. The van der Waals surface area contributed by atoms with Crippen molar-refractivity contribution in [1.82, 2.24) is 14.7 Å². The lowest BCUT2D eigenvalue weighted by Gasteiger charge is -2.29. The van der Waals surface area contributed by atoms with Crippen molar-refractivity contribution in [2.24, 2.45) is 0 Å². The van der Waals surface area contributed by atoms with Crippen LogP contribution in [0.5, 0.6) is 0 Å². The van der Waals surface area contributed by atoms with Gasteiger partial charge in [0.05, 0.1) is 37.9 Å². The van der Waals surface area contributed by atoms with Crippen LogP contribution in [0.25, 0.3) is 0 Å². The van der Waals surface area contributed by atoms with Gasteiger partial charge < -0.3 is 29.6 Å². The number of carbonyl (C=O) groups is 3. The van der Waals surface area contributed by atoms with E-state index in [1.54, 1.807) is 14.7 Å². The monoisotopic (exact) mass is 911 g/mol. The summed E-state index contributed by atoms with van der Waals surface area (Å²) in [7, 11) is 3.96. The quantitative estimate of drug-likeness (QED) is 0.0527. The summed E-state index contributed by atoms with van der Waals surface area (Å²) in [4.78, 5) is 67.5. The van der Waals surface area contributed by atoms with E-state index >= 15 is 0 Å². The van der Waals surface area contributed by atoms with E-state index in [4.69, 9.17) is 10.2 Å². The second-order valence-electron chi connectivity index (χ2n) is 10.9. The van der Waals surface area contributed by atoms with Crippen LogP contribution >= 0.6 is 95.0 Å². The molecule has 1 fully saturated rings. The predicted molar refractivity (Wildman–Crippen MR) is 221 cm³/mol. The number of ether oxygens (including phenoxy) is 1. The molecule has 0 aromatic rings. The molecule has 0 aromatic heterocycles. The predicted octanol–water partition coefficient (Wildman–Crippen LogP) is 5.73. The number of rotatable bonds is 21. The number of carbonyl (C=O) groups excluding carboxylic acids is 1. The summed E-state index contributed by atoms with van der Waals surface area (Å²) in [6, 6.07) is 0. The Morgan fingerprint density at radius 3 is 1.33 bits per heavy atom. The van der Waals surface area contributed by atoms with E-state index in [9.17, 15) is 42.8 Å². The Bertz CT molecular complexity index is 1070. The third kappa shape index (κ3) is 25.7. The van der Waals surface area contributed by atoms with Crippen LogP contribution < -0.4 is 0 Å². The molecule has 1 aliphatic rings. The molecule has 1 heterocycles. The molecule has 15 nitrogen and oxygen atoms in total. The minimum atomic E-state index is -3.84. The number of nitrogens with zero attached hydrogens (tertiary/aromatic N) is 3. The first-order valence-electron chi connectivity index (χ1n) is 14.6. The molecular weight excluding hydrogens is 858 g/mol. The van der Waals surface area contributed by atoms with Gasteiger partial charge in [-0.2, -0.15) is 0 Å². The van der Waals surface area contributed by atoms with Gasteiger partial charge in [0, 0.05) is 51.6 Å². The van der Waals surface area contributed by atoms with Crippen LogP contribution in [0.3, 0.4) is 0 Å². The summed E-state index contributed by atoms with van der Waals surface area (Å²) >= 11 is 0. The fourth-order valence-electron chi connectivity index (χ4n) is 4.18. The van der Waals surface area contributed by atoms with Crippen LogP contribution in [0.1, 0.15) is 26.2 Å². The molecule has 0 amide bonds. The van der Waals surface area contributed by atoms with Crippen molar-refractivity contribution in [2.45, 2.75) is 26.2 Å². The van der Waals surface area contributed by atoms with Crippen molar-refractivity contribution in [3.8, 4) is 0 Å². The molecule has 10 atom stereocenters. The number of carboxylic acid groups (broad SMARTS) is 2. The van der Waals surface area contributed by atoms with Gasteiger partial charge in [0.15, 0.2) is 0 Å². The maximum absolute atomic E-state index is 12.6. The molecule has 27 heteroatoms. The minimum absolute atomic E-state index is 0.134. The normalized spacial score (nSPS) is 20.5. The molecule has 0 radical (unpaired) electrons. The van der Waals surface area contributed by atoms with E-state index in [-0.39, 0.29) is 106 Å². The lowest BCUT2D eigenvalue weighted by atomic mass is 10.5. The molecule has 0 spiro atoms. The zero-order chi connectivity index (χ0) is 37.1. The molecule has 0 bridgehead atoms. The fourth-order valence-corrected chi connectivity index (χ4v) is 58.7. The van der Waals surface area contributed by atoms with Crippen molar-refractivity contribution < 1.29 is 57.7 Å². The van der Waals surface area contributed by atoms with Crippen molar-refractivity contribution in [2.75, 3.05) is 89.4 Å². The zero-order valence-corrected chi connectivity index (χ0v) is 39.1. The summed E-state index contributed by atoms with van der Waals surface area (Å²) in [6.07, 6.45) is -0.166. The van der Waals surface area contributed by atoms with E-state index in [1.807, 2.05) is 0 Å². The van der Waals surface area contributed by atoms with Gasteiger partial charge in [0.1, 0.15) is 6.61 Å². The highest BCUT2D eigenvalue weighted by atomic mass is 33.1. The summed E-state index contributed by atoms with van der Waals surface area (Å²) in [5, 5.41) is 17.6. The third-order valence-corrected chi connectivity index (χ3v) is 56.4. The molecule has 10 unspecified atom stereocenters. The summed E-state index contributed by atoms with van der Waals surface area (Å²) in [5.41, 5.74) is 0. The zero-order valence-electron chi connectivity index (χ0n) is 27.1. The average Bonchev–Trinajstić information content (AvgIpc) is 3.04. The highest BCUT2D eigenvalue weighted by Crippen LogP contribution is 3.06. The Labute approximate surface area is 300 Å². The van der Waals surface area contributed by atoms with E-state index in [0.29, 0.717) is 0 Å². The summed E-state index contributed by atoms with van der Waals surface area (Å²) < 4.78 is 42.2. The highest BCUT2D eigenvalue weighted by Gasteiger charge is 2.30. The standard InChI is InChI=1S/C18H36N3O12P3.C3H17P9/c22-16-33-9-12-36(31,32)15-21-7-5-19(13-34(27,28)10-1-17(23)24)3-4-20(6-8-21)14-35(29,30)11-2-18(25)26;1-2-3-9(10(4)5)12(8)11(6)7/h16H,1-15H2,(H,23,24)(H,25,26)(H,27,28)(H,29,30)(H,31,32);2-8H2,1H3.